The van der Waals surface area contributed by atoms with Crippen LogP contribution in [0, 0.1) is 0 Å². The van der Waals surface area contributed by atoms with E-state index in [1.165, 1.54) is 128 Å². The van der Waals surface area contributed by atoms with Crippen molar-refractivity contribution in [2.24, 2.45) is 0 Å². The van der Waals surface area contributed by atoms with Crippen LogP contribution in [0.25, 0.3) is 0 Å². The van der Waals surface area contributed by atoms with Crippen LogP contribution in [0.15, 0.2) is 0 Å². The Morgan fingerprint density at radius 1 is 0.265 bits per heavy atom. The highest BCUT2D eigenvalue weighted by atomic mass is 79.9. The molecular weight excluding hydrogens is 495 g/mol. The molecule has 0 aliphatic carbocycles. The summed E-state index contributed by atoms with van der Waals surface area (Å²) in [4.78, 5) is 0. The van der Waals surface area contributed by atoms with Gasteiger partial charge >= 0.3 is 0 Å². The van der Waals surface area contributed by atoms with Gasteiger partial charge in [0.1, 0.15) is 0 Å². The number of rotatable bonds is 28. The normalized spacial score (nSPS) is 11.6. The monoisotopic (exact) mass is 563 g/mol. The van der Waals surface area contributed by atoms with E-state index in [4.69, 9.17) is 0 Å². The van der Waals surface area contributed by atoms with Gasteiger partial charge < -0.3 is 0 Å². The molecule has 0 saturated carbocycles. The first-order valence-corrected chi connectivity index (χ1v) is 18.6. The third-order valence-electron chi connectivity index (χ3n) is 7.94. The molecule has 0 amide bonds. The van der Waals surface area contributed by atoms with Crippen LogP contribution in [0.4, 0.5) is 0 Å². The SMILES string of the molecule is Br.CCCCCCCC[P+](CCCCCCCC)(CCCCCCCC)CCCCCCCC. The van der Waals surface area contributed by atoms with E-state index in [2.05, 4.69) is 27.7 Å². The van der Waals surface area contributed by atoms with Crippen molar-refractivity contribution in [3.8, 4) is 0 Å². The third-order valence-corrected chi connectivity index (χ3v) is 13.0. The van der Waals surface area contributed by atoms with Crippen molar-refractivity contribution in [3.05, 3.63) is 0 Å². The van der Waals surface area contributed by atoms with E-state index >= 15 is 0 Å². The fourth-order valence-electron chi connectivity index (χ4n) is 5.58. The zero-order valence-corrected chi connectivity index (χ0v) is 27.3. The highest BCUT2D eigenvalue weighted by molar-refractivity contribution is 8.93. The Balaban J connectivity index is 0. The Morgan fingerprint density at radius 2 is 0.441 bits per heavy atom. The summed E-state index contributed by atoms with van der Waals surface area (Å²) >= 11 is 0. The predicted octanol–water partition coefficient (Wildman–Crippen LogP) is 13.0. The minimum Gasteiger partial charge on any atom is -0.114 e. The first-order chi connectivity index (χ1) is 16.2. The molecule has 0 fully saturated rings. The fraction of sp³-hybridized carbons (Fsp3) is 1.00. The van der Waals surface area contributed by atoms with Crippen molar-refractivity contribution in [1.82, 2.24) is 0 Å². The number of halogens is 1. The number of hydrogen-bond donors (Lipinski definition) is 0. The van der Waals surface area contributed by atoms with Gasteiger partial charge in [-0.05, 0) is 51.4 Å². The zero-order chi connectivity index (χ0) is 24.3. The number of hydrogen-bond acceptors (Lipinski definition) is 0. The molecule has 0 aliphatic rings. The Labute approximate surface area is 230 Å². The summed E-state index contributed by atoms with van der Waals surface area (Å²) in [5, 5.41) is 0. The standard InChI is InChI=1S/C32H68P.BrH/c1-5-9-13-17-21-25-29-33(30-26-22-18-14-10-6-2,31-27-23-19-15-11-7-3)32-28-24-20-16-12-8-4;/h5-32H2,1-4H3;1H/q+1;. The molecule has 0 spiro atoms. The molecule has 0 heterocycles. The summed E-state index contributed by atoms with van der Waals surface area (Å²) < 4.78 is 0. The first kappa shape index (κ1) is 37.1. The highest BCUT2D eigenvalue weighted by Gasteiger charge is 2.34. The maximum Gasteiger partial charge on any atom is 0.0594 e. The van der Waals surface area contributed by atoms with Gasteiger partial charge in [0.05, 0.1) is 24.6 Å². The van der Waals surface area contributed by atoms with Crippen LogP contribution < -0.4 is 0 Å². The van der Waals surface area contributed by atoms with Gasteiger partial charge in [-0.2, -0.15) is 0 Å². The smallest absolute Gasteiger partial charge is 0.0594 e. The van der Waals surface area contributed by atoms with Crippen LogP contribution in [0.1, 0.15) is 182 Å². The van der Waals surface area contributed by atoms with Crippen LogP contribution in [0.3, 0.4) is 0 Å². The molecule has 0 bridgehead atoms. The molecule has 0 rings (SSSR count). The molecule has 0 unspecified atom stereocenters. The van der Waals surface area contributed by atoms with Crippen molar-refractivity contribution in [2.45, 2.75) is 182 Å². The second-order valence-corrected chi connectivity index (χ2v) is 15.8. The minimum atomic E-state index is -0.718. The molecule has 2 heteroatoms. The van der Waals surface area contributed by atoms with Crippen molar-refractivity contribution in [2.75, 3.05) is 24.6 Å². The van der Waals surface area contributed by atoms with Crippen molar-refractivity contribution in [1.29, 1.82) is 0 Å². The lowest BCUT2D eigenvalue weighted by molar-refractivity contribution is 0.610. The Bertz CT molecular complexity index is 287. The molecule has 0 aromatic heterocycles. The van der Waals surface area contributed by atoms with E-state index in [0.717, 1.165) is 0 Å². The molecule has 0 saturated heterocycles. The summed E-state index contributed by atoms with van der Waals surface area (Å²) in [5.41, 5.74) is 0. The summed E-state index contributed by atoms with van der Waals surface area (Å²) in [5.74, 6) is 0. The van der Waals surface area contributed by atoms with E-state index in [1.807, 2.05) is 0 Å². The Kier molecular flexibility index (Phi) is 32.9. The van der Waals surface area contributed by atoms with Crippen molar-refractivity contribution >= 4 is 24.2 Å². The van der Waals surface area contributed by atoms with Gasteiger partial charge in [0.15, 0.2) is 0 Å². The summed E-state index contributed by atoms with van der Waals surface area (Å²) in [6.07, 6.45) is 42.1. The third kappa shape index (κ3) is 24.6. The topological polar surface area (TPSA) is 0 Å². The van der Waals surface area contributed by atoms with Crippen molar-refractivity contribution in [3.63, 3.8) is 0 Å². The molecule has 0 radical (unpaired) electrons. The highest BCUT2D eigenvalue weighted by Crippen LogP contribution is 2.61. The van der Waals surface area contributed by atoms with Gasteiger partial charge in [-0.1, -0.05) is 130 Å². The maximum absolute atomic E-state index is 2.35. The minimum absolute atomic E-state index is 0. The molecule has 0 aromatic rings. The molecule has 0 aromatic carbocycles. The Morgan fingerprint density at radius 3 is 0.647 bits per heavy atom. The van der Waals surface area contributed by atoms with E-state index < -0.39 is 7.26 Å². The Hall–Kier alpha value is 0.910. The largest absolute Gasteiger partial charge is 0.114 e. The van der Waals surface area contributed by atoms with Crippen molar-refractivity contribution < 1.29 is 0 Å². The van der Waals surface area contributed by atoms with Gasteiger partial charge in [-0.15, -0.1) is 17.0 Å². The quantitative estimate of drug-likeness (QED) is 0.0655. The number of unbranched alkanes of at least 4 members (excludes halogenated alkanes) is 20. The van der Waals surface area contributed by atoms with Crippen LogP contribution in [-0.2, 0) is 0 Å². The molecule has 0 atom stereocenters. The maximum atomic E-state index is 2.35. The second-order valence-electron chi connectivity index (χ2n) is 11.3. The molecule has 0 aliphatic heterocycles. The molecule has 34 heavy (non-hydrogen) atoms. The second kappa shape index (κ2) is 30.1. The first-order valence-electron chi connectivity index (χ1n) is 16.1. The average molecular weight is 565 g/mol. The van der Waals surface area contributed by atoms with E-state index in [-0.39, 0.29) is 17.0 Å². The van der Waals surface area contributed by atoms with Crippen LogP contribution in [0.5, 0.6) is 0 Å². The summed E-state index contributed by atoms with van der Waals surface area (Å²) in [6.45, 7) is 9.38. The van der Waals surface area contributed by atoms with E-state index in [9.17, 15) is 0 Å². The molecule has 208 valence electrons. The van der Waals surface area contributed by atoms with Gasteiger partial charge in [-0.25, -0.2) is 0 Å². The van der Waals surface area contributed by atoms with Gasteiger partial charge in [0.2, 0.25) is 0 Å². The predicted molar refractivity (Wildman–Crippen MR) is 170 cm³/mol. The summed E-state index contributed by atoms with van der Waals surface area (Å²) in [7, 11) is -0.718. The molecule has 0 N–H and O–H groups in total. The fourth-order valence-corrected chi connectivity index (χ4v) is 10.5. The van der Waals surface area contributed by atoms with Crippen LogP contribution >= 0.6 is 24.2 Å². The lowest BCUT2D eigenvalue weighted by Gasteiger charge is -2.28. The van der Waals surface area contributed by atoms with E-state index in [0.29, 0.717) is 0 Å². The lowest BCUT2D eigenvalue weighted by atomic mass is 10.1. The molecule has 0 nitrogen and oxygen atoms in total. The molecular formula is C32H69BrP+. The van der Waals surface area contributed by atoms with Crippen LogP contribution in [-0.4, -0.2) is 24.6 Å². The zero-order valence-electron chi connectivity index (χ0n) is 24.7. The van der Waals surface area contributed by atoms with Gasteiger partial charge in [-0.3, -0.25) is 0 Å². The van der Waals surface area contributed by atoms with E-state index in [1.54, 1.807) is 50.3 Å². The summed E-state index contributed by atoms with van der Waals surface area (Å²) in [6, 6.07) is 0. The van der Waals surface area contributed by atoms with Gasteiger partial charge in [0.25, 0.3) is 0 Å². The van der Waals surface area contributed by atoms with Crippen LogP contribution in [0.2, 0.25) is 0 Å². The van der Waals surface area contributed by atoms with Gasteiger partial charge in [0, 0.05) is 7.26 Å². The average Bonchev–Trinajstić information content (AvgIpc) is 2.83. The lowest BCUT2D eigenvalue weighted by Crippen LogP contribution is -2.13.